The molecule has 1 N–H and O–H groups in total. The van der Waals surface area contributed by atoms with Crippen molar-refractivity contribution in [2.75, 3.05) is 33.2 Å². The van der Waals surface area contributed by atoms with Gasteiger partial charge >= 0.3 is 12.1 Å². The Kier molecular flexibility index (Phi) is 5.77. The molecule has 0 radical (unpaired) electrons. The Balaban J connectivity index is 1.73. The zero-order chi connectivity index (χ0) is 15.9. The molecular weight excluding hydrogens is 284 g/mol. The molecule has 6 nitrogen and oxygen atoms in total. The summed E-state index contributed by atoms with van der Waals surface area (Å²) in [6.07, 6.45) is 0.581. The van der Waals surface area contributed by atoms with E-state index in [1.165, 1.54) is 0 Å². The molecule has 1 atom stereocenters. The van der Waals surface area contributed by atoms with Gasteiger partial charge < -0.3 is 14.7 Å². The molecule has 1 aliphatic heterocycles. The van der Waals surface area contributed by atoms with Crippen LogP contribution in [-0.4, -0.2) is 60.2 Å². The number of carboxylic acids is 1. The third-order valence-corrected chi connectivity index (χ3v) is 3.72. The first-order valence-corrected chi connectivity index (χ1v) is 7.40. The Labute approximate surface area is 130 Å². The fraction of sp³-hybridized carbons (Fsp3) is 0.500. The normalized spacial score (nSPS) is 17.7. The van der Waals surface area contributed by atoms with Gasteiger partial charge in [-0.2, -0.15) is 0 Å². The lowest BCUT2D eigenvalue weighted by Crippen LogP contribution is -2.33. The molecule has 6 heteroatoms. The maximum absolute atomic E-state index is 12.0. The standard InChI is InChI=1S/C16H22N2O4/c1-17(11-15(19)20)9-14-7-8-18(10-14)16(21)22-12-13-5-3-2-4-6-13/h2-6,14H,7-12H2,1H3,(H,19,20)/t14-/m1/s1. The van der Waals surface area contributed by atoms with Crippen LogP contribution in [0.2, 0.25) is 0 Å². The number of carbonyl (C=O) groups is 2. The molecule has 1 heterocycles. The highest BCUT2D eigenvalue weighted by Crippen LogP contribution is 2.18. The summed E-state index contributed by atoms with van der Waals surface area (Å²) >= 11 is 0. The molecule has 22 heavy (non-hydrogen) atoms. The van der Waals surface area contributed by atoms with Gasteiger partial charge in [0.05, 0.1) is 6.54 Å². The Morgan fingerprint density at radius 1 is 1.36 bits per heavy atom. The van der Waals surface area contributed by atoms with Gasteiger partial charge in [-0.05, 0) is 24.9 Å². The average molecular weight is 306 g/mol. The van der Waals surface area contributed by atoms with Gasteiger partial charge in [0, 0.05) is 19.6 Å². The van der Waals surface area contributed by atoms with Gasteiger partial charge in [-0.15, -0.1) is 0 Å². The molecule has 2 rings (SSSR count). The molecule has 1 aliphatic rings. The summed E-state index contributed by atoms with van der Waals surface area (Å²) in [5.41, 5.74) is 0.966. The zero-order valence-electron chi connectivity index (χ0n) is 12.8. The number of carboxylic acid groups (broad SMARTS) is 1. The summed E-state index contributed by atoms with van der Waals surface area (Å²) in [6.45, 7) is 2.26. The number of likely N-dealkylation sites (tertiary alicyclic amines) is 1. The minimum atomic E-state index is -0.834. The maximum Gasteiger partial charge on any atom is 0.410 e. The van der Waals surface area contributed by atoms with Crippen LogP contribution in [-0.2, 0) is 16.1 Å². The van der Waals surface area contributed by atoms with Crippen LogP contribution >= 0.6 is 0 Å². The molecule has 1 saturated heterocycles. The number of nitrogens with zero attached hydrogens (tertiary/aromatic N) is 2. The molecule has 0 saturated carbocycles. The van der Waals surface area contributed by atoms with Gasteiger partial charge in [-0.25, -0.2) is 4.79 Å². The Hall–Kier alpha value is -2.08. The molecule has 120 valence electrons. The smallest absolute Gasteiger partial charge is 0.410 e. The second kappa shape index (κ2) is 7.79. The van der Waals surface area contributed by atoms with Crippen LogP contribution in [0.25, 0.3) is 0 Å². The first kappa shape index (κ1) is 16.3. The number of ether oxygens (including phenoxy) is 1. The molecule has 1 amide bonds. The predicted molar refractivity (Wildman–Crippen MR) is 81.4 cm³/mol. The fourth-order valence-corrected chi connectivity index (χ4v) is 2.69. The molecule has 1 aromatic rings. The summed E-state index contributed by atoms with van der Waals surface area (Å²) in [6, 6.07) is 9.58. The van der Waals surface area contributed by atoms with Crippen molar-refractivity contribution in [3.8, 4) is 0 Å². The van der Waals surface area contributed by atoms with Gasteiger partial charge in [0.15, 0.2) is 0 Å². The monoisotopic (exact) mass is 306 g/mol. The molecule has 0 aliphatic carbocycles. The van der Waals surface area contributed by atoms with E-state index in [4.69, 9.17) is 9.84 Å². The van der Waals surface area contributed by atoms with Crippen LogP contribution in [0.4, 0.5) is 4.79 Å². The number of benzene rings is 1. The summed E-state index contributed by atoms with van der Waals surface area (Å²) in [7, 11) is 1.78. The fourth-order valence-electron chi connectivity index (χ4n) is 2.69. The number of rotatable bonds is 6. The molecule has 1 fully saturated rings. The highest BCUT2D eigenvalue weighted by molar-refractivity contribution is 5.69. The van der Waals surface area contributed by atoms with Crippen LogP contribution in [0.3, 0.4) is 0 Å². The molecular formula is C16H22N2O4. The second-order valence-corrected chi connectivity index (χ2v) is 5.73. The number of aliphatic carboxylic acids is 1. The van der Waals surface area contributed by atoms with Gasteiger partial charge in [-0.3, -0.25) is 9.69 Å². The number of hydrogen-bond donors (Lipinski definition) is 1. The van der Waals surface area contributed by atoms with Gasteiger partial charge in [-0.1, -0.05) is 30.3 Å². The molecule has 0 bridgehead atoms. The van der Waals surface area contributed by atoms with Crippen LogP contribution in [0.5, 0.6) is 0 Å². The van der Waals surface area contributed by atoms with Gasteiger partial charge in [0.25, 0.3) is 0 Å². The van der Waals surface area contributed by atoms with Crippen molar-refractivity contribution in [1.29, 1.82) is 0 Å². The maximum atomic E-state index is 12.0. The van der Waals surface area contributed by atoms with Crippen LogP contribution in [0, 0.1) is 5.92 Å². The van der Waals surface area contributed by atoms with Crippen molar-refractivity contribution >= 4 is 12.1 Å². The SMILES string of the molecule is CN(CC(=O)O)C[C@H]1CCN(C(=O)OCc2ccccc2)C1. The number of carbonyl (C=O) groups excluding carboxylic acids is 1. The summed E-state index contributed by atoms with van der Waals surface area (Å²) in [5, 5.41) is 8.75. The van der Waals surface area contributed by atoms with Crippen molar-refractivity contribution in [2.45, 2.75) is 13.0 Å². The van der Waals surface area contributed by atoms with Crippen molar-refractivity contribution in [2.24, 2.45) is 5.92 Å². The topological polar surface area (TPSA) is 70.1 Å². The Bertz CT molecular complexity index is 506. The first-order valence-electron chi connectivity index (χ1n) is 7.40. The minimum absolute atomic E-state index is 0.0228. The lowest BCUT2D eigenvalue weighted by Gasteiger charge is -2.20. The van der Waals surface area contributed by atoms with Crippen LogP contribution in [0.1, 0.15) is 12.0 Å². The second-order valence-electron chi connectivity index (χ2n) is 5.73. The van der Waals surface area contributed by atoms with Crippen molar-refractivity contribution in [1.82, 2.24) is 9.80 Å². The predicted octanol–water partition coefficient (Wildman–Crippen LogP) is 1.66. The third-order valence-electron chi connectivity index (χ3n) is 3.72. The number of amides is 1. The highest BCUT2D eigenvalue weighted by Gasteiger charge is 2.28. The lowest BCUT2D eigenvalue weighted by atomic mass is 10.1. The summed E-state index contributed by atoms with van der Waals surface area (Å²) < 4.78 is 5.31. The largest absolute Gasteiger partial charge is 0.480 e. The van der Waals surface area contributed by atoms with E-state index in [0.29, 0.717) is 25.6 Å². The lowest BCUT2D eigenvalue weighted by molar-refractivity contribution is -0.138. The number of likely N-dealkylation sites (N-methyl/N-ethyl adjacent to an activating group) is 1. The molecule has 1 aromatic carbocycles. The van der Waals surface area contributed by atoms with E-state index < -0.39 is 5.97 Å². The van der Waals surface area contributed by atoms with E-state index >= 15 is 0 Å². The van der Waals surface area contributed by atoms with Crippen molar-refractivity contribution < 1.29 is 19.4 Å². The van der Waals surface area contributed by atoms with Gasteiger partial charge in [0.2, 0.25) is 0 Å². The summed E-state index contributed by atoms with van der Waals surface area (Å²) in [5.74, 6) is -0.534. The van der Waals surface area contributed by atoms with E-state index in [1.54, 1.807) is 16.8 Å². The third kappa shape index (κ3) is 5.04. The molecule has 0 unspecified atom stereocenters. The van der Waals surface area contributed by atoms with Gasteiger partial charge in [0.1, 0.15) is 6.61 Å². The average Bonchev–Trinajstić information content (AvgIpc) is 2.93. The molecule has 0 spiro atoms. The summed E-state index contributed by atoms with van der Waals surface area (Å²) in [4.78, 5) is 26.1. The van der Waals surface area contributed by atoms with E-state index in [9.17, 15) is 9.59 Å². The highest BCUT2D eigenvalue weighted by atomic mass is 16.6. The first-order chi connectivity index (χ1) is 10.5. The number of hydrogen-bond acceptors (Lipinski definition) is 4. The van der Waals surface area contributed by atoms with E-state index in [-0.39, 0.29) is 19.2 Å². The van der Waals surface area contributed by atoms with E-state index in [1.807, 2.05) is 30.3 Å². The van der Waals surface area contributed by atoms with E-state index in [2.05, 4.69) is 0 Å². The Morgan fingerprint density at radius 2 is 2.09 bits per heavy atom. The van der Waals surface area contributed by atoms with Crippen LogP contribution < -0.4 is 0 Å². The van der Waals surface area contributed by atoms with E-state index in [0.717, 1.165) is 12.0 Å². The Morgan fingerprint density at radius 3 is 2.77 bits per heavy atom. The zero-order valence-corrected chi connectivity index (χ0v) is 12.8. The van der Waals surface area contributed by atoms with Crippen LogP contribution in [0.15, 0.2) is 30.3 Å². The van der Waals surface area contributed by atoms with Crippen molar-refractivity contribution in [3.05, 3.63) is 35.9 Å². The quantitative estimate of drug-likeness (QED) is 0.865. The molecule has 0 aromatic heterocycles. The minimum Gasteiger partial charge on any atom is -0.480 e. The van der Waals surface area contributed by atoms with Crippen molar-refractivity contribution in [3.63, 3.8) is 0 Å².